The van der Waals surface area contributed by atoms with Crippen molar-refractivity contribution in [2.45, 2.75) is 32.7 Å². The van der Waals surface area contributed by atoms with Crippen molar-refractivity contribution in [2.75, 3.05) is 13.1 Å². The number of H-pyrrole nitrogens is 1. The monoisotopic (exact) mass is 313 g/mol. The first-order chi connectivity index (χ1) is 11.1. The third kappa shape index (κ3) is 3.99. The number of aromatic carboxylic acids is 1. The predicted octanol–water partition coefficient (Wildman–Crippen LogP) is 2.87. The quantitative estimate of drug-likeness (QED) is 0.890. The van der Waals surface area contributed by atoms with Gasteiger partial charge < -0.3 is 5.11 Å². The van der Waals surface area contributed by atoms with Gasteiger partial charge >= 0.3 is 5.97 Å². The Kier molecular flexibility index (Phi) is 4.76. The topological polar surface area (TPSA) is 69.2 Å². The Balaban J connectivity index is 1.61. The van der Waals surface area contributed by atoms with Crippen LogP contribution < -0.4 is 0 Å². The smallest absolute Gasteiger partial charge is 0.335 e. The number of rotatable bonds is 5. The van der Waals surface area contributed by atoms with E-state index in [1.807, 2.05) is 18.3 Å². The molecule has 0 amide bonds. The molecule has 1 fully saturated rings. The van der Waals surface area contributed by atoms with Crippen molar-refractivity contribution in [3.05, 3.63) is 52.8 Å². The zero-order valence-electron chi connectivity index (χ0n) is 13.5. The highest BCUT2D eigenvalue weighted by atomic mass is 16.4. The van der Waals surface area contributed by atoms with Crippen LogP contribution in [0.25, 0.3) is 0 Å². The van der Waals surface area contributed by atoms with Crippen LogP contribution in [-0.2, 0) is 13.0 Å². The van der Waals surface area contributed by atoms with E-state index in [9.17, 15) is 4.79 Å². The number of carbonyl (C=O) groups is 1. The molecule has 23 heavy (non-hydrogen) atoms. The maximum Gasteiger partial charge on any atom is 0.335 e. The van der Waals surface area contributed by atoms with Gasteiger partial charge in [0.15, 0.2) is 0 Å². The van der Waals surface area contributed by atoms with Gasteiger partial charge in [-0.15, -0.1) is 0 Å². The van der Waals surface area contributed by atoms with Crippen LogP contribution in [0, 0.1) is 12.8 Å². The van der Waals surface area contributed by atoms with Crippen molar-refractivity contribution in [2.24, 2.45) is 5.92 Å². The molecule has 0 spiro atoms. The van der Waals surface area contributed by atoms with E-state index >= 15 is 0 Å². The van der Waals surface area contributed by atoms with Crippen LogP contribution in [-0.4, -0.2) is 39.3 Å². The van der Waals surface area contributed by atoms with Crippen molar-refractivity contribution in [3.63, 3.8) is 0 Å². The van der Waals surface area contributed by atoms with Gasteiger partial charge in [-0.05, 0) is 61.9 Å². The first kappa shape index (κ1) is 15.7. The number of aryl methyl sites for hydroxylation is 1. The van der Waals surface area contributed by atoms with Crippen LogP contribution in [0.1, 0.15) is 40.0 Å². The number of aromatic nitrogens is 2. The molecule has 2 aromatic rings. The van der Waals surface area contributed by atoms with Gasteiger partial charge in [0.2, 0.25) is 0 Å². The molecule has 0 saturated carbocycles. The van der Waals surface area contributed by atoms with E-state index in [1.165, 1.54) is 24.1 Å². The summed E-state index contributed by atoms with van der Waals surface area (Å²) in [5.41, 5.74) is 3.91. The van der Waals surface area contributed by atoms with Crippen LogP contribution in [0.15, 0.2) is 30.5 Å². The van der Waals surface area contributed by atoms with Crippen molar-refractivity contribution in [1.82, 2.24) is 15.1 Å². The molecule has 0 aliphatic carbocycles. The van der Waals surface area contributed by atoms with Gasteiger partial charge in [-0.1, -0.05) is 12.1 Å². The van der Waals surface area contributed by atoms with Crippen LogP contribution in [0.2, 0.25) is 0 Å². The van der Waals surface area contributed by atoms with E-state index < -0.39 is 5.97 Å². The van der Waals surface area contributed by atoms with E-state index in [-0.39, 0.29) is 0 Å². The number of nitrogens with zero attached hydrogens (tertiary/aromatic N) is 2. The molecule has 1 aliphatic rings. The molecule has 1 aromatic carbocycles. The molecule has 3 rings (SSSR count). The average Bonchev–Trinajstić information content (AvgIpc) is 2.93. The van der Waals surface area contributed by atoms with Crippen LogP contribution in [0.3, 0.4) is 0 Å². The van der Waals surface area contributed by atoms with E-state index in [0.29, 0.717) is 11.5 Å². The molecule has 122 valence electrons. The van der Waals surface area contributed by atoms with E-state index in [1.54, 1.807) is 12.1 Å². The number of carboxylic acid groups (broad SMARTS) is 1. The van der Waals surface area contributed by atoms with Crippen LogP contribution in [0.5, 0.6) is 0 Å². The Hall–Kier alpha value is -2.14. The second-order valence-corrected chi connectivity index (χ2v) is 6.48. The fraction of sp³-hybridized carbons (Fsp3) is 0.444. The lowest BCUT2D eigenvalue weighted by Gasteiger charge is -2.32. The van der Waals surface area contributed by atoms with E-state index in [2.05, 4.69) is 22.0 Å². The Morgan fingerprint density at radius 1 is 1.48 bits per heavy atom. The number of piperidine rings is 1. The minimum Gasteiger partial charge on any atom is -0.478 e. The van der Waals surface area contributed by atoms with Crippen LogP contribution >= 0.6 is 0 Å². The normalized spacial score (nSPS) is 18.9. The minimum atomic E-state index is -0.863. The standard InChI is InChI=1S/C18H23N3O2/c1-13-10-19-20-17(13)9-15-5-3-7-21(12-15)11-14-4-2-6-16(8-14)18(22)23/h2,4,6,8,10,15H,3,5,7,9,11-12H2,1H3,(H,19,20)(H,22,23)/t15-/m1/s1. The Morgan fingerprint density at radius 3 is 3.09 bits per heavy atom. The Morgan fingerprint density at radius 2 is 2.35 bits per heavy atom. The fourth-order valence-electron chi connectivity index (χ4n) is 3.39. The molecule has 1 aromatic heterocycles. The maximum atomic E-state index is 11.1. The van der Waals surface area contributed by atoms with Gasteiger partial charge in [-0.3, -0.25) is 10.00 Å². The first-order valence-corrected chi connectivity index (χ1v) is 8.15. The summed E-state index contributed by atoms with van der Waals surface area (Å²) in [4.78, 5) is 13.5. The van der Waals surface area contributed by atoms with Gasteiger partial charge in [0.05, 0.1) is 11.8 Å². The summed E-state index contributed by atoms with van der Waals surface area (Å²) in [6.07, 6.45) is 5.35. The van der Waals surface area contributed by atoms with E-state index in [4.69, 9.17) is 5.11 Å². The number of hydrogen-bond acceptors (Lipinski definition) is 3. The lowest BCUT2D eigenvalue weighted by Crippen LogP contribution is -2.35. The molecular weight excluding hydrogens is 290 g/mol. The van der Waals surface area contributed by atoms with Gasteiger partial charge in [0.25, 0.3) is 0 Å². The van der Waals surface area contributed by atoms with Crippen molar-refractivity contribution < 1.29 is 9.90 Å². The average molecular weight is 313 g/mol. The summed E-state index contributed by atoms with van der Waals surface area (Å²) >= 11 is 0. The third-order valence-corrected chi connectivity index (χ3v) is 4.61. The summed E-state index contributed by atoms with van der Waals surface area (Å²) < 4.78 is 0. The third-order valence-electron chi connectivity index (χ3n) is 4.61. The second-order valence-electron chi connectivity index (χ2n) is 6.48. The zero-order valence-corrected chi connectivity index (χ0v) is 13.5. The molecule has 1 aliphatic heterocycles. The fourth-order valence-corrected chi connectivity index (χ4v) is 3.39. The molecule has 2 heterocycles. The molecule has 0 radical (unpaired) electrons. The molecule has 5 nitrogen and oxygen atoms in total. The summed E-state index contributed by atoms with van der Waals surface area (Å²) in [5.74, 6) is -0.233. The lowest BCUT2D eigenvalue weighted by molar-refractivity contribution is 0.0696. The van der Waals surface area contributed by atoms with E-state index in [0.717, 1.165) is 31.6 Å². The Labute approximate surface area is 136 Å². The molecule has 2 N–H and O–H groups in total. The first-order valence-electron chi connectivity index (χ1n) is 8.15. The van der Waals surface area contributed by atoms with Crippen molar-refractivity contribution in [3.8, 4) is 0 Å². The molecule has 1 atom stereocenters. The predicted molar refractivity (Wildman–Crippen MR) is 88.4 cm³/mol. The number of likely N-dealkylation sites (tertiary alicyclic amines) is 1. The molecule has 1 saturated heterocycles. The van der Waals surface area contributed by atoms with Crippen LogP contribution in [0.4, 0.5) is 0 Å². The van der Waals surface area contributed by atoms with Gasteiger partial charge in [0, 0.05) is 18.8 Å². The molecule has 0 bridgehead atoms. The maximum absolute atomic E-state index is 11.1. The Bertz CT molecular complexity index is 680. The number of aromatic amines is 1. The molecular formula is C18H23N3O2. The highest BCUT2D eigenvalue weighted by Gasteiger charge is 2.21. The summed E-state index contributed by atoms with van der Waals surface area (Å²) in [6.45, 7) is 5.04. The van der Waals surface area contributed by atoms with Crippen molar-refractivity contribution >= 4 is 5.97 Å². The molecule has 5 heteroatoms. The minimum absolute atomic E-state index is 0.365. The number of benzene rings is 1. The largest absolute Gasteiger partial charge is 0.478 e. The van der Waals surface area contributed by atoms with Gasteiger partial charge in [-0.25, -0.2) is 4.79 Å². The SMILES string of the molecule is Cc1cn[nH]c1C[C@H]1CCCN(Cc2cccc(C(=O)O)c2)C1. The summed E-state index contributed by atoms with van der Waals surface area (Å²) in [7, 11) is 0. The lowest BCUT2D eigenvalue weighted by atomic mass is 9.92. The van der Waals surface area contributed by atoms with Gasteiger partial charge in [-0.2, -0.15) is 5.10 Å². The number of hydrogen-bond donors (Lipinski definition) is 2. The van der Waals surface area contributed by atoms with Crippen molar-refractivity contribution in [1.29, 1.82) is 0 Å². The molecule has 0 unspecified atom stereocenters. The highest BCUT2D eigenvalue weighted by Crippen LogP contribution is 2.22. The van der Waals surface area contributed by atoms with Gasteiger partial charge in [0.1, 0.15) is 0 Å². The highest BCUT2D eigenvalue weighted by molar-refractivity contribution is 5.87. The zero-order chi connectivity index (χ0) is 16.2. The number of carboxylic acids is 1. The second kappa shape index (κ2) is 6.96. The number of nitrogens with one attached hydrogen (secondary N) is 1. The summed E-state index contributed by atoms with van der Waals surface area (Å²) in [5, 5.41) is 16.3. The summed E-state index contributed by atoms with van der Waals surface area (Å²) in [6, 6.07) is 7.26.